The number of carbonyl (C=O) groups is 1. The summed E-state index contributed by atoms with van der Waals surface area (Å²) in [6.45, 7) is 1.14. The Kier molecular flexibility index (Phi) is 3.68. The first-order valence-electron chi connectivity index (χ1n) is 5.54. The Hall–Kier alpha value is -1.49. The topological polar surface area (TPSA) is 29.5 Å². The molecule has 0 radical (unpaired) electrons. The largest absolute Gasteiger partial charge is 0.273 e. The van der Waals surface area contributed by atoms with Crippen LogP contribution in [0.5, 0.6) is 0 Å². The highest BCUT2D eigenvalue weighted by Crippen LogP contribution is 2.13. The van der Waals surface area contributed by atoms with Crippen molar-refractivity contribution in [3.63, 3.8) is 0 Å². The molecule has 1 saturated heterocycles. The molecule has 0 aromatic heterocycles. The maximum atomic E-state index is 13.3. The van der Waals surface area contributed by atoms with E-state index in [1.54, 1.807) is 0 Å². The normalized spacial score (nSPS) is 15.3. The minimum absolute atomic E-state index is 0.161. The lowest BCUT2D eigenvalue weighted by Gasteiger charge is -2.13. The molecule has 5 heteroatoms. The minimum atomic E-state index is -0.611. The van der Waals surface area contributed by atoms with Crippen LogP contribution in [-0.4, -0.2) is 24.1 Å². The number of hydroxylamine groups is 2. The molecule has 1 aromatic carbocycles. The summed E-state index contributed by atoms with van der Waals surface area (Å²) in [7, 11) is 0. The molecule has 0 atom stereocenters. The fraction of sp³-hybridized carbons (Fsp3) is 0.417. The van der Waals surface area contributed by atoms with Gasteiger partial charge in [-0.2, -0.15) is 0 Å². The van der Waals surface area contributed by atoms with E-state index >= 15 is 0 Å². The Morgan fingerprint density at radius 3 is 2.88 bits per heavy atom. The lowest BCUT2D eigenvalue weighted by atomic mass is 10.1. The van der Waals surface area contributed by atoms with Crippen LogP contribution in [0.4, 0.5) is 8.78 Å². The Morgan fingerprint density at radius 2 is 2.24 bits per heavy atom. The Balaban J connectivity index is 1.90. The number of nitrogens with zero attached hydrogens (tertiary/aromatic N) is 1. The van der Waals surface area contributed by atoms with Crippen molar-refractivity contribution in [1.82, 2.24) is 5.06 Å². The molecule has 1 aliphatic rings. The third-order valence-electron chi connectivity index (χ3n) is 2.65. The van der Waals surface area contributed by atoms with Crippen LogP contribution in [-0.2, 0) is 16.1 Å². The first-order chi connectivity index (χ1) is 8.16. The number of benzene rings is 1. The average molecular weight is 241 g/mol. The highest BCUT2D eigenvalue weighted by atomic mass is 19.1. The molecule has 0 spiro atoms. The van der Waals surface area contributed by atoms with E-state index in [2.05, 4.69) is 0 Å². The smallest absolute Gasteiger partial charge is 0.246 e. The zero-order chi connectivity index (χ0) is 12.3. The Morgan fingerprint density at radius 1 is 1.41 bits per heavy atom. The van der Waals surface area contributed by atoms with Gasteiger partial charge in [-0.25, -0.2) is 13.8 Å². The summed E-state index contributed by atoms with van der Waals surface area (Å²) >= 11 is 0. The van der Waals surface area contributed by atoms with Gasteiger partial charge in [-0.05, 0) is 24.5 Å². The summed E-state index contributed by atoms with van der Waals surface area (Å²) in [6, 6.07) is 3.38. The summed E-state index contributed by atoms with van der Waals surface area (Å²) < 4.78 is 25.9. The van der Waals surface area contributed by atoms with Gasteiger partial charge in [-0.15, -0.1) is 0 Å². The molecule has 17 heavy (non-hydrogen) atoms. The first kappa shape index (κ1) is 12.0. The summed E-state index contributed by atoms with van der Waals surface area (Å²) in [5.41, 5.74) is 0.346. The molecule has 1 fully saturated rings. The number of hydrogen-bond acceptors (Lipinski definition) is 2. The van der Waals surface area contributed by atoms with Gasteiger partial charge in [0.25, 0.3) is 0 Å². The van der Waals surface area contributed by atoms with Crippen molar-refractivity contribution in [3.8, 4) is 0 Å². The van der Waals surface area contributed by atoms with Crippen LogP contribution in [0.25, 0.3) is 0 Å². The third kappa shape index (κ3) is 3.00. The lowest BCUT2D eigenvalue weighted by molar-refractivity contribution is -0.168. The summed E-state index contributed by atoms with van der Waals surface area (Å²) in [5, 5.41) is 1.31. The van der Waals surface area contributed by atoms with Crippen molar-refractivity contribution in [1.29, 1.82) is 0 Å². The molecular formula is C12H13F2NO2. The van der Waals surface area contributed by atoms with E-state index in [1.165, 1.54) is 17.2 Å². The van der Waals surface area contributed by atoms with Crippen molar-refractivity contribution < 1.29 is 18.4 Å². The van der Waals surface area contributed by atoms with Crippen LogP contribution in [0.1, 0.15) is 18.4 Å². The zero-order valence-electron chi connectivity index (χ0n) is 9.29. The number of hydrogen-bond donors (Lipinski definition) is 0. The first-order valence-corrected chi connectivity index (χ1v) is 5.54. The quantitative estimate of drug-likeness (QED) is 0.810. The zero-order valence-corrected chi connectivity index (χ0v) is 9.29. The maximum absolute atomic E-state index is 13.3. The van der Waals surface area contributed by atoms with Crippen LogP contribution in [0.2, 0.25) is 0 Å². The Labute approximate surface area is 97.9 Å². The van der Waals surface area contributed by atoms with Gasteiger partial charge in [-0.1, -0.05) is 6.07 Å². The molecule has 3 nitrogen and oxygen atoms in total. The van der Waals surface area contributed by atoms with E-state index in [9.17, 15) is 13.6 Å². The average Bonchev–Trinajstić information content (AvgIpc) is 2.81. The van der Waals surface area contributed by atoms with Crippen LogP contribution in [0, 0.1) is 11.6 Å². The van der Waals surface area contributed by atoms with E-state index in [-0.39, 0.29) is 18.7 Å². The predicted octanol–water partition coefficient (Wildman–Crippen LogP) is 2.06. The molecule has 1 amide bonds. The van der Waals surface area contributed by atoms with Gasteiger partial charge in [0, 0.05) is 12.5 Å². The second kappa shape index (κ2) is 5.23. The van der Waals surface area contributed by atoms with Crippen molar-refractivity contribution in [3.05, 3.63) is 35.4 Å². The summed E-state index contributed by atoms with van der Waals surface area (Å²) in [5.74, 6) is -1.38. The van der Waals surface area contributed by atoms with E-state index in [4.69, 9.17) is 4.84 Å². The van der Waals surface area contributed by atoms with Crippen molar-refractivity contribution in [2.45, 2.75) is 19.3 Å². The van der Waals surface area contributed by atoms with Crippen LogP contribution < -0.4 is 0 Å². The standard InChI is InChI=1S/C12H13F2NO2/c13-10-4-2-9(11(14)8-10)3-5-12(16)15-6-1-7-17-15/h2,4,8H,1,3,5-7H2. The second-order valence-electron chi connectivity index (χ2n) is 3.92. The molecule has 1 aromatic rings. The number of amides is 1. The molecule has 1 heterocycles. The maximum Gasteiger partial charge on any atom is 0.246 e. The molecule has 2 rings (SSSR count). The third-order valence-corrected chi connectivity index (χ3v) is 2.65. The predicted molar refractivity (Wildman–Crippen MR) is 57.0 cm³/mol. The number of halogens is 2. The number of rotatable bonds is 3. The molecule has 0 unspecified atom stereocenters. The van der Waals surface area contributed by atoms with Crippen LogP contribution >= 0.6 is 0 Å². The van der Waals surface area contributed by atoms with Crippen molar-refractivity contribution in [2.24, 2.45) is 0 Å². The monoisotopic (exact) mass is 241 g/mol. The van der Waals surface area contributed by atoms with E-state index < -0.39 is 11.6 Å². The molecule has 1 aliphatic heterocycles. The summed E-state index contributed by atoms with van der Waals surface area (Å²) in [6.07, 6.45) is 1.25. The van der Waals surface area contributed by atoms with Gasteiger partial charge in [0.05, 0.1) is 13.2 Å². The fourth-order valence-electron chi connectivity index (χ4n) is 1.73. The number of carbonyl (C=O) groups excluding carboxylic acids is 1. The molecule has 0 aliphatic carbocycles. The van der Waals surface area contributed by atoms with Gasteiger partial charge >= 0.3 is 0 Å². The van der Waals surface area contributed by atoms with E-state index in [1.807, 2.05) is 0 Å². The fourth-order valence-corrected chi connectivity index (χ4v) is 1.73. The van der Waals surface area contributed by atoms with Crippen molar-refractivity contribution in [2.75, 3.05) is 13.2 Å². The summed E-state index contributed by atoms with van der Waals surface area (Å²) in [4.78, 5) is 16.7. The lowest BCUT2D eigenvalue weighted by Crippen LogP contribution is -2.26. The molecule has 0 N–H and O–H groups in total. The second-order valence-corrected chi connectivity index (χ2v) is 3.92. The molecule has 92 valence electrons. The molecule has 0 saturated carbocycles. The van der Waals surface area contributed by atoms with Gasteiger partial charge in [-0.3, -0.25) is 9.63 Å². The highest BCUT2D eigenvalue weighted by Gasteiger charge is 2.19. The van der Waals surface area contributed by atoms with E-state index in [0.29, 0.717) is 18.7 Å². The highest BCUT2D eigenvalue weighted by molar-refractivity contribution is 5.75. The molecule has 0 bridgehead atoms. The minimum Gasteiger partial charge on any atom is -0.273 e. The Bertz CT molecular complexity index is 417. The van der Waals surface area contributed by atoms with Crippen LogP contribution in [0.15, 0.2) is 18.2 Å². The van der Waals surface area contributed by atoms with E-state index in [0.717, 1.165) is 12.5 Å². The van der Waals surface area contributed by atoms with Gasteiger partial charge in [0.15, 0.2) is 0 Å². The SMILES string of the molecule is O=C(CCc1ccc(F)cc1F)N1CCCO1. The van der Waals surface area contributed by atoms with Gasteiger partial charge < -0.3 is 0 Å². The molecular weight excluding hydrogens is 228 g/mol. The van der Waals surface area contributed by atoms with Crippen molar-refractivity contribution >= 4 is 5.91 Å². The van der Waals surface area contributed by atoms with Gasteiger partial charge in [0.2, 0.25) is 5.91 Å². The van der Waals surface area contributed by atoms with Gasteiger partial charge in [0.1, 0.15) is 11.6 Å². The number of aryl methyl sites for hydroxylation is 1. The van der Waals surface area contributed by atoms with Crippen LogP contribution in [0.3, 0.4) is 0 Å².